The Kier molecular flexibility index (Phi) is 9.86. The van der Waals surface area contributed by atoms with Gasteiger partial charge in [-0.25, -0.2) is 0 Å². The molecule has 0 fully saturated rings. The lowest BCUT2D eigenvalue weighted by Crippen LogP contribution is -2.01. The van der Waals surface area contributed by atoms with E-state index in [2.05, 4.69) is 24.3 Å². The van der Waals surface area contributed by atoms with E-state index >= 15 is 0 Å². The third-order valence-corrected chi connectivity index (χ3v) is 6.32. The fourth-order valence-corrected chi connectivity index (χ4v) is 4.22. The van der Waals surface area contributed by atoms with Crippen molar-refractivity contribution in [1.29, 1.82) is 0 Å². The molecule has 4 aromatic carbocycles. The van der Waals surface area contributed by atoms with Gasteiger partial charge in [-0.3, -0.25) is 0 Å². The van der Waals surface area contributed by atoms with Crippen LogP contribution in [0.2, 0.25) is 0 Å². The SMILES string of the molecule is COc1cc(/C=C/c2ccccc2/C=C/c2cc(OC)c(OCc3cccc(CO)c3)c(OC)c2)cc(OC)c1. The van der Waals surface area contributed by atoms with Gasteiger partial charge in [-0.2, -0.15) is 0 Å². The Labute approximate surface area is 235 Å². The van der Waals surface area contributed by atoms with Crippen LogP contribution in [0.5, 0.6) is 28.7 Å². The van der Waals surface area contributed by atoms with Gasteiger partial charge in [0.2, 0.25) is 5.75 Å². The quantitative estimate of drug-likeness (QED) is 0.194. The van der Waals surface area contributed by atoms with Crippen molar-refractivity contribution < 1.29 is 28.8 Å². The number of hydrogen-bond donors (Lipinski definition) is 1. The van der Waals surface area contributed by atoms with Crippen LogP contribution in [0.25, 0.3) is 24.3 Å². The summed E-state index contributed by atoms with van der Waals surface area (Å²) in [4.78, 5) is 0. The second-order valence-corrected chi connectivity index (χ2v) is 8.96. The summed E-state index contributed by atoms with van der Waals surface area (Å²) in [5, 5.41) is 9.41. The summed E-state index contributed by atoms with van der Waals surface area (Å²) in [5.41, 5.74) is 5.76. The largest absolute Gasteiger partial charge is 0.497 e. The molecule has 1 N–H and O–H groups in total. The van der Waals surface area contributed by atoms with Gasteiger partial charge in [0, 0.05) is 6.07 Å². The van der Waals surface area contributed by atoms with Crippen molar-refractivity contribution in [3.8, 4) is 28.7 Å². The van der Waals surface area contributed by atoms with Crippen molar-refractivity contribution in [2.45, 2.75) is 13.2 Å². The summed E-state index contributed by atoms with van der Waals surface area (Å²) < 4.78 is 28.2. The lowest BCUT2D eigenvalue weighted by atomic mass is 10.0. The predicted octanol–water partition coefficient (Wildman–Crippen LogP) is 7.13. The number of methoxy groups -OCH3 is 4. The van der Waals surface area contributed by atoms with Crippen LogP contribution in [0, 0.1) is 0 Å². The van der Waals surface area contributed by atoms with E-state index in [-0.39, 0.29) is 6.61 Å². The molecule has 4 aromatic rings. The molecular formula is C34H34O6. The molecule has 6 nitrogen and oxygen atoms in total. The molecule has 0 aliphatic carbocycles. The third kappa shape index (κ3) is 7.24. The van der Waals surface area contributed by atoms with Gasteiger partial charge in [0.25, 0.3) is 0 Å². The van der Waals surface area contributed by atoms with E-state index in [1.165, 1.54) is 0 Å². The van der Waals surface area contributed by atoms with Gasteiger partial charge in [0.1, 0.15) is 18.1 Å². The normalized spacial score (nSPS) is 11.1. The van der Waals surface area contributed by atoms with Gasteiger partial charge in [-0.15, -0.1) is 0 Å². The molecule has 0 atom stereocenters. The highest BCUT2D eigenvalue weighted by Gasteiger charge is 2.14. The lowest BCUT2D eigenvalue weighted by Gasteiger charge is -2.16. The molecule has 6 heteroatoms. The maximum Gasteiger partial charge on any atom is 0.203 e. The van der Waals surface area contributed by atoms with Crippen molar-refractivity contribution in [2.75, 3.05) is 28.4 Å². The van der Waals surface area contributed by atoms with Crippen LogP contribution in [0.3, 0.4) is 0 Å². The average Bonchev–Trinajstić information content (AvgIpc) is 3.01. The number of rotatable bonds is 12. The Morgan fingerprint density at radius 2 is 1.12 bits per heavy atom. The number of benzene rings is 4. The molecular weight excluding hydrogens is 504 g/mol. The minimum absolute atomic E-state index is 0.0177. The molecule has 4 rings (SSSR count). The van der Waals surface area contributed by atoms with E-state index in [1.807, 2.05) is 78.9 Å². The Hall–Kier alpha value is -4.68. The van der Waals surface area contributed by atoms with Crippen LogP contribution < -0.4 is 23.7 Å². The van der Waals surface area contributed by atoms with Gasteiger partial charge in [-0.1, -0.05) is 72.8 Å². The van der Waals surface area contributed by atoms with E-state index in [1.54, 1.807) is 28.4 Å². The minimum atomic E-state index is -0.0177. The lowest BCUT2D eigenvalue weighted by molar-refractivity contribution is 0.264. The zero-order valence-corrected chi connectivity index (χ0v) is 23.2. The zero-order valence-electron chi connectivity index (χ0n) is 23.2. The molecule has 0 radical (unpaired) electrons. The van der Waals surface area contributed by atoms with Crippen LogP contribution in [-0.2, 0) is 13.2 Å². The number of aliphatic hydroxyl groups excluding tert-OH is 1. The summed E-state index contributed by atoms with van der Waals surface area (Å²) in [7, 11) is 6.49. The van der Waals surface area contributed by atoms with E-state index in [0.717, 1.165) is 44.9 Å². The molecule has 0 heterocycles. The second-order valence-electron chi connectivity index (χ2n) is 8.96. The summed E-state index contributed by atoms with van der Waals surface area (Å²) >= 11 is 0. The maximum absolute atomic E-state index is 9.41. The highest BCUT2D eigenvalue weighted by atomic mass is 16.5. The van der Waals surface area contributed by atoms with Gasteiger partial charge in [0.15, 0.2) is 11.5 Å². The van der Waals surface area contributed by atoms with Gasteiger partial charge in [-0.05, 0) is 57.6 Å². The predicted molar refractivity (Wildman–Crippen MR) is 160 cm³/mol. The monoisotopic (exact) mass is 538 g/mol. The molecule has 0 aromatic heterocycles. The number of ether oxygens (including phenoxy) is 5. The first-order valence-electron chi connectivity index (χ1n) is 12.8. The third-order valence-electron chi connectivity index (χ3n) is 6.32. The second kappa shape index (κ2) is 13.9. The Balaban J connectivity index is 1.57. The van der Waals surface area contributed by atoms with Gasteiger partial charge >= 0.3 is 0 Å². The summed E-state index contributed by atoms with van der Waals surface area (Å²) in [6, 6.07) is 25.4. The Morgan fingerprint density at radius 1 is 0.575 bits per heavy atom. The summed E-state index contributed by atoms with van der Waals surface area (Å²) in [6.07, 6.45) is 8.17. The first-order valence-corrected chi connectivity index (χ1v) is 12.8. The average molecular weight is 539 g/mol. The van der Waals surface area contributed by atoms with Crippen LogP contribution in [-0.4, -0.2) is 33.5 Å². The van der Waals surface area contributed by atoms with Crippen LogP contribution in [0.4, 0.5) is 0 Å². The van der Waals surface area contributed by atoms with E-state index < -0.39 is 0 Å². The Morgan fingerprint density at radius 3 is 1.65 bits per heavy atom. The number of aliphatic hydroxyl groups is 1. The minimum Gasteiger partial charge on any atom is -0.497 e. The van der Waals surface area contributed by atoms with Crippen molar-refractivity contribution in [3.05, 3.63) is 112 Å². The van der Waals surface area contributed by atoms with Crippen LogP contribution >= 0.6 is 0 Å². The van der Waals surface area contributed by atoms with E-state index in [9.17, 15) is 5.11 Å². The maximum atomic E-state index is 9.41. The van der Waals surface area contributed by atoms with Crippen molar-refractivity contribution >= 4 is 24.3 Å². The fourth-order valence-electron chi connectivity index (χ4n) is 4.22. The molecule has 40 heavy (non-hydrogen) atoms. The molecule has 0 saturated heterocycles. The van der Waals surface area contributed by atoms with Crippen molar-refractivity contribution in [1.82, 2.24) is 0 Å². The fraction of sp³-hybridized carbons (Fsp3) is 0.176. The van der Waals surface area contributed by atoms with E-state index in [4.69, 9.17) is 23.7 Å². The van der Waals surface area contributed by atoms with Crippen molar-refractivity contribution in [2.24, 2.45) is 0 Å². The molecule has 0 amide bonds. The Bertz CT molecular complexity index is 1440. The topological polar surface area (TPSA) is 66.4 Å². The molecule has 0 aliphatic heterocycles. The molecule has 0 spiro atoms. The first kappa shape index (κ1) is 28.3. The summed E-state index contributed by atoms with van der Waals surface area (Å²) in [5.74, 6) is 3.13. The standard InChI is InChI=1S/C34H34O6/c1-36-30-17-24(18-31(21-30)37-2)12-14-28-10-5-6-11-29(28)15-13-25-19-32(38-3)34(33(20-25)39-4)40-23-27-9-7-8-26(16-27)22-35/h5-21,35H,22-23H2,1-4H3/b14-12+,15-13+. The molecule has 0 unspecified atom stereocenters. The van der Waals surface area contributed by atoms with Crippen molar-refractivity contribution in [3.63, 3.8) is 0 Å². The van der Waals surface area contributed by atoms with Crippen LogP contribution in [0.1, 0.15) is 33.4 Å². The number of hydrogen-bond acceptors (Lipinski definition) is 6. The zero-order chi connectivity index (χ0) is 28.3. The summed E-state index contributed by atoms with van der Waals surface area (Å²) in [6.45, 7) is 0.296. The smallest absolute Gasteiger partial charge is 0.203 e. The molecule has 0 bridgehead atoms. The van der Waals surface area contributed by atoms with Crippen LogP contribution in [0.15, 0.2) is 78.9 Å². The first-order chi connectivity index (χ1) is 19.6. The highest BCUT2D eigenvalue weighted by molar-refractivity contribution is 5.80. The molecule has 0 saturated carbocycles. The molecule has 0 aliphatic rings. The molecule has 206 valence electrons. The van der Waals surface area contributed by atoms with Gasteiger partial charge in [0.05, 0.1) is 35.0 Å². The van der Waals surface area contributed by atoms with Gasteiger partial charge < -0.3 is 28.8 Å². The highest BCUT2D eigenvalue weighted by Crippen LogP contribution is 2.39. The van der Waals surface area contributed by atoms with E-state index in [0.29, 0.717) is 23.9 Å².